The number of nitrogens with zero attached hydrogens (tertiary/aromatic N) is 3. The van der Waals surface area contributed by atoms with Crippen molar-refractivity contribution in [1.29, 1.82) is 0 Å². The van der Waals surface area contributed by atoms with Gasteiger partial charge >= 0.3 is 0 Å². The molecule has 0 aliphatic carbocycles. The van der Waals surface area contributed by atoms with Gasteiger partial charge in [0.2, 0.25) is 0 Å². The topological polar surface area (TPSA) is 65.3 Å². The summed E-state index contributed by atoms with van der Waals surface area (Å²) in [6.45, 7) is 0. The third-order valence-electron chi connectivity index (χ3n) is 2.85. The lowest BCUT2D eigenvalue weighted by Gasteiger charge is -2.11. The summed E-state index contributed by atoms with van der Waals surface area (Å²) in [5, 5.41) is 12.5. The summed E-state index contributed by atoms with van der Waals surface area (Å²) in [4.78, 5) is 16.7. The molecule has 0 atom stereocenters. The molecule has 0 aliphatic heterocycles. The first-order valence-corrected chi connectivity index (χ1v) is 6.08. The number of nitroso groups, excluding NO2 is 1. The molecule has 0 radical (unpaired) electrons. The SMILES string of the molecule is CN(C)c1ccc(C=Nc2cccc(N=O)c2O)cc1. The van der Waals surface area contributed by atoms with Gasteiger partial charge in [0.1, 0.15) is 5.69 Å². The Bertz CT molecular complexity index is 634. The van der Waals surface area contributed by atoms with E-state index in [4.69, 9.17) is 0 Å². The number of aromatic hydroxyl groups is 1. The van der Waals surface area contributed by atoms with Crippen molar-refractivity contribution in [3.05, 3.63) is 52.9 Å². The van der Waals surface area contributed by atoms with E-state index < -0.39 is 0 Å². The van der Waals surface area contributed by atoms with Gasteiger partial charge in [0.05, 0.1) is 0 Å². The lowest BCUT2D eigenvalue weighted by atomic mass is 10.2. The summed E-state index contributed by atoms with van der Waals surface area (Å²) >= 11 is 0. The highest BCUT2D eigenvalue weighted by molar-refractivity contribution is 5.84. The predicted octanol–water partition coefficient (Wildman–Crippen LogP) is 3.61. The summed E-state index contributed by atoms with van der Waals surface area (Å²) in [6, 6.07) is 12.5. The Morgan fingerprint density at radius 1 is 1.05 bits per heavy atom. The fraction of sp³-hybridized carbons (Fsp3) is 0.133. The van der Waals surface area contributed by atoms with Crippen LogP contribution in [0.2, 0.25) is 0 Å². The smallest absolute Gasteiger partial charge is 0.170 e. The van der Waals surface area contributed by atoms with E-state index in [1.165, 1.54) is 6.07 Å². The molecule has 102 valence electrons. The van der Waals surface area contributed by atoms with Gasteiger partial charge < -0.3 is 10.0 Å². The number of rotatable bonds is 4. The van der Waals surface area contributed by atoms with Gasteiger partial charge in [-0.25, -0.2) is 0 Å². The lowest BCUT2D eigenvalue weighted by Crippen LogP contribution is -2.08. The summed E-state index contributed by atoms with van der Waals surface area (Å²) in [6.07, 6.45) is 1.63. The number of anilines is 1. The summed E-state index contributed by atoms with van der Waals surface area (Å²) in [5.41, 5.74) is 2.30. The van der Waals surface area contributed by atoms with Crippen LogP contribution >= 0.6 is 0 Å². The van der Waals surface area contributed by atoms with Crippen molar-refractivity contribution >= 4 is 23.3 Å². The van der Waals surface area contributed by atoms with Crippen LogP contribution < -0.4 is 4.90 Å². The quantitative estimate of drug-likeness (QED) is 0.681. The Balaban J connectivity index is 2.23. The van der Waals surface area contributed by atoms with Gasteiger partial charge in [-0.15, -0.1) is 4.91 Å². The maximum atomic E-state index is 10.5. The first-order chi connectivity index (χ1) is 9.61. The van der Waals surface area contributed by atoms with E-state index in [1.54, 1.807) is 18.3 Å². The molecule has 1 N–H and O–H groups in total. The number of aliphatic imine (C=N–C) groups is 1. The van der Waals surface area contributed by atoms with Crippen LogP contribution in [0.25, 0.3) is 0 Å². The lowest BCUT2D eigenvalue weighted by molar-refractivity contribution is 0.478. The minimum atomic E-state index is -0.205. The Morgan fingerprint density at radius 2 is 1.70 bits per heavy atom. The monoisotopic (exact) mass is 269 g/mol. The van der Waals surface area contributed by atoms with Crippen LogP contribution in [0.15, 0.2) is 52.6 Å². The van der Waals surface area contributed by atoms with E-state index in [0.717, 1.165) is 11.3 Å². The average molecular weight is 269 g/mol. The third kappa shape index (κ3) is 3.00. The molecular formula is C15H15N3O2. The number of benzene rings is 2. The van der Waals surface area contributed by atoms with Gasteiger partial charge in [-0.05, 0) is 35.0 Å². The zero-order valence-electron chi connectivity index (χ0n) is 11.3. The maximum absolute atomic E-state index is 10.5. The van der Waals surface area contributed by atoms with Crippen molar-refractivity contribution in [2.24, 2.45) is 10.2 Å². The van der Waals surface area contributed by atoms with Gasteiger partial charge in [-0.1, -0.05) is 18.2 Å². The van der Waals surface area contributed by atoms with Crippen molar-refractivity contribution < 1.29 is 5.11 Å². The molecule has 2 rings (SSSR count). The highest BCUT2D eigenvalue weighted by Gasteiger charge is 2.05. The summed E-state index contributed by atoms with van der Waals surface area (Å²) in [7, 11) is 3.94. The molecular weight excluding hydrogens is 254 g/mol. The van der Waals surface area contributed by atoms with Crippen molar-refractivity contribution in [3.63, 3.8) is 0 Å². The molecule has 0 aliphatic rings. The molecule has 0 amide bonds. The molecule has 0 aromatic heterocycles. The van der Waals surface area contributed by atoms with Gasteiger partial charge in [-0.3, -0.25) is 4.99 Å². The van der Waals surface area contributed by atoms with Crippen LogP contribution in [0.1, 0.15) is 5.56 Å². The Labute approximate surface area is 117 Å². The van der Waals surface area contributed by atoms with Gasteiger partial charge in [0.15, 0.2) is 11.4 Å². The molecule has 0 spiro atoms. The Kier molecular flexibility index (Phi) is 4.10. The number of para-hydroxylation sites is 1. The first kappa shape index (κ1) is 13.7. The molecule has 0 saturated carbocycles. The number of hydrogen-bond acceptors (Lipinski definition) is 5. The molecule has 0 heterocycles. The molecule has 0 saturated heterocycles. The van der Waals surface area contributed by atoms with E-state index in [0.29, 0.717) is 5.69 Å². The first-order valence-electron chi connectivity index (χ1n) is 6.08. The zero-order valence-corrected chi connectivity index (χ0v) is 11.3. The van der Waals surface area contributed by atoms with Crippen LogP contribution in [0, 0.1) is 4.91 Å². The van der Waals surface area contributed by atoms with Gasteiger partial charge in [-0.2, -0.15) is 0 Å². The minimum absolute atomic E-state index is 0.0115. The second kappa shape index (κ2) is 5.97. The highest BCUT2D eigenvalue weighted by atomic mass is 16.3. The van der Waals surface area contributed by atoms with Gasteiger partial charge in [0, 0.05) is 26.0 Å². The number of phenolic OH excluding ortho intramolecular Hbond substituents is 1. The van der Waals surface area contributed by atoms with Crippen LogP contribution in [-0.2, 0) is 0 Å². The standard InChI is InChI=1S/C15H15N3O2/c1-18(2)12-8-6-11(7-9-12)10-16-13-4-3-5-14(17-20)15(13)19/h3-10,19H,1-2H3. The Morgan fingerprint density at radius 3 is 2.30 bits per heavy atom. The maximum Gasteiger partial charge on any atom is 0.170 e. The molecule has 2 aromatic rings. The highest BCUT2D eigenvalue weighted by Crippen LogP contribution is 2.35. The molecule has 2 aromatic carbocycles. The molecule has 0 bridgehead atoms. The van der Waals surface area contributed by atoms with E-state index in [9.17, 15) is 10.0 Å². The fourth-order valence-corrected chi connectivity index (χ4v) is 1.70. The van der Waals surface area contributed by atoms with Crippen LogP contribution in [0.3, 0.4) is 0 Å². The number of phenols is 1. The Hall–Kier alpha value is -2.69. The largest absolute Gasteiger partial charge is 0.504 e. The molecule has 5 nitrogen and oxygen atoms in total. The molecule has 5 heteroatoms. The molecule has 0 fully saturated rings. The second-order valence-electron chi connectivity index (χ2n) is 4.48. The van der Waals surface area contributed by atoms with Gasteiger partial charge in [0.25, 0.3) is 0 Å². The van der Waals surface area contributed by atoms with Crippen molar-refractivity contribution in [1.82, 2.24) is 0 Å². The fourth-order valence-electron chi connectivity index (χ4n) is 1.70. The normalized spacial score (nSPS) is 10.7. The third-order valence-corrected chi connectivity index (χ3v) is 2.85. The van der Waals surface area contributed by atoms with Crippen molar-refractivity contribution in [2.45, 2.75) is 0 Å². The van der Waals surface area contributed by atoms with E-state index >= 15 is 0 Å². The average Bonchev–Trinajstić information content (AvgIpc) is 2.46. The summed E-state index contributed by atoms with van der Waals surface area (Å²) < 4.78 is 0. The predicted molar refractivity (Wildman–Crippen MR) is 81.6 cm³/mol. The van der Waals surface area contributed by atoms with Crippen molar-refractivity contribution in [3.8, 4) is 5.75 Å². The van der Waals surface area contributed by atoms with E-state index in [2.05, 4.69) is 10.2 Å². The second-order valence-corrected chi connectivity index (χ2v) is 4.48. The minimum Gasteiger partial charge on any atom is -0.504 e. The zero-order chi connectivity index (χ0) is 14.5. The van der Waals surface area contributed by atoms with Crippen LogP contribution in [-0.4, -0.2) is 25.4 Å². The molecule has 20 heavy (non-hydrogen) atoms. The van der Waals surface area contributed by atoms with E-state index in [-0.39, 0.29) is 11.4 Å². The molecule has 0 unspecified atom stereocenters. The van der Waals surface area contributed by atoms with E-state index in [1.807, 2.05) is 43.3 Å². The summed E-state index contributed by atoms with van der Waals surface area (Å²) in [5.74, 6) is -0.205. The van der Waals surface area contributed by atoms with Crippen LogP contribution in [0.4, 0.5) is 17.1 Å². The van der Waals surface area contributed by atoms with Crippen molar-refractivity contribution in [2.75, 3.05) is 19.0 Å². The number of hydrogen-bond donors (Lipinski definition) is 1. The van der Waals surface area contributed by atoms with Crippen LogP contribution in [0.5, 0.6) is 5.75 Å².